The second-order valence-electron chi connectivity index (χ2n) is 5.93. The molecular weight excluding hydrogens is 296 g/mol. The molecule has 0 unspecified atom stereocenters. The fraction of sp³-hybridized carbons (Fsp3) is 0. The minimum Gasteiger partial charge on any atom is -0.508 e. The van der Waals surface area contributed by atoms with E-state index in [2.05, 4.69) is 28.7 Å². The molecule has 114 valence electrons. The third kappa shape index (κ3) is 1.82. The first kappa shape index (κ1) is 13.1. The van der Waals surface area contributed by atoms with Gasteiger partial charge in [-0.25, -0.2) is 4.98 Å². The van der Waals surface area contributed by atoms with Crippen LogP contribution < -0.4 is 0 Å². The molecule has 3 heteroatoms. The lowest BCUT2D eigenvalue weighted by Gasteiger charge is -2.10. The van der Waals surface area contributed by atoms with Gasteiger partial charge in [0.2, 0.25) is 0 Å². The largest absolute Gasteiger partial charge is 0.508 e. The van der Waals surface area contributed by atoms with E-state index in [0.717, 1.165) is 38.7 Å². The number of hydrogen-bond acceptors (Lipinski definition) is 2. The molecule has 0 aliphatic heterocycles. The summed E-state index contributed by atoms with van der Waals surface area (Å²) in [4.78, 5) is 4.82. The summed E-state index contributed by atoms with van der Waals surface area (Å²) in [6.45, 7) is 0. The van der Waals surface area contributed by atoms with Crippen molar-refractivity contribution in [2.45, 2.75) is 0 Å². The first-order chi connectivity index (χ1) is 11.8. The standard InChI is InChI=1S/C21H14N2O/c24-16-11-10-15-12-20(14-6-2-1-3-7-14)23-19-9-5-4-8-18(19)22-21(23)17(15)13-16/h1-13,24H. The van der Waals surface area contributed by atoms with E-state index < -0.39 is 0 Å². The first-order valence-corrected chi connectivity index (χ1v) is 7.90. The molecule has 0 radical (unpaired) electrons. The van der Waals surface area contributed by atoms with Gasteiger partial charge in [-0.05, 0) is 41.3 Å². The number of benzene rings is 3. The first-order valence-electron chi connectivity index (χ1n) is 7.90. The molecule has 3 nitrogen and oxygen atoms in total. The van der Waals surface area contributed by atoms with Crippen molar-refractivity contribution >= 4 is 27.5 Å². The second-order valence-corrected chi connectivity index (χ2v) is 5.93. The molecule has 2 aromatic heterocycles. The molecule has 0 aliphatic carbocycles. The fourth-order valence-electron chi connectivity index (χ4n) is 3.35. The van der Waals surface area contributed by atoms with Gasteiger partial charge in [0.15, 0.2) is 0 Å². The number of phenolic OH excluding ortho intramolecular Hbond substituents is 1. The average Bonchev–Trinajstić information content (AvgIpc) is 3.02. The summed E-state index contributed by atoms with van der Waals surface area (Å²) in [5.41, 5.74) is 5.11. The van der Waals surface area contributed by atoms with Gasteiger partial charge in [-0.3, -0.25) is 4.40 Å². The summed E-state index contributed by atoms with van der Waals surface area (Å²) in [5.74, 6) is 0.254. The maximum Gasteiger partial charge on any atom is 0.146 e. The lowest BCUT2D eigenvalue weighted by molar-refractivity contribution is 0.476. The van der Waals surface area contributed by atoms with Gasteiger partial charge in [-0.15, -0.1) is 0 Å². The fourth-order valence-corrected chi connectivity index (χ4v) is 3.35. The maximum atomic E-state index is 9.91. The highest BCUT2D eigenvalue weighted by atomic mass is 16.3. The number of fused-ring (bicyclic) bond motifs is 5. The highest BCUT2D eigenvalue weighted by Crippen LogP contribution is 2.33. The van der Waals surface area contributed by atoms with E-state index in [9.17, 15) is 5.11 Å². The van der Waals surface area contributed by atoms with E-state index in [-0.39, 0.29) is 5.75 Å². The summed E-state index contributed by atoms with van der Waals surface area (Å²) in [6, 6.07) is 26.0. The van der Waals surface area contributed by atoms with Gasteiger partial charge >= 0.3 is 0 Å². The Morgan fingerprint density at radius 3 is 2.46 bits per heavy atom. The molecule has 3 aromatic carbocycles. The van der Waals surface area contributed by atoms with Gasteiger partial charge in [-0.2, -0.15) is 0 Å². The van der Waals surface area contributed by atoms with Crippen molar-refractivity contribution in [3.63, 3.8) is 0 Å². The minimum absolute atomic E-state index is 0.254. The number of para-hydroxylation sites is 2. The number of nitrogens with zero attached hydrogens (tertiary/aromatic N) is 2. The summed E-state index contributed by atoms with van der Waals surface area (Å²) >= 11 is 0. The van der Waals surface area contributed by atoms with Gasteiger partial charge < -0.3 is 5.11 Å². The SMILES string of the molecule is Oc1ccc2cc(-c3ccccc3)n3c4ccccc4nc3c2c1. The van der Waals surface area contributed by atoms with E-state index in [1.807, 2.05) is 42.5 Å². The van der Waals surface area contributed by atoms with Crippen LogP contribution in [0.15, 0.2) is 78.9 Å². The lowest BCUT2D eigenvalue weighted by Crippen LogP contribution is -1.93. The monoisotopic (exact) mass is 310 g/mol. The van der Waals surface area contributed by atoms with Crippen LogP contribution in [0.5, 0.6) is 5.75 Å². The van der Waals surface area contributed by atoms with Crippen molar-refractivity contribution in [2.24, 2.45) is 0 Å². The predicted molar refractivity (Wildman–Crippen MR) is 97.3 cm³/mol. The zero-order valence-electron chi connectivity index (χ0n) is 12.8. The van der Waals surface area contributed by atoms with Crippen molar-refractivity contribution in [3.05, 3.63) is 78.9 Å². The summed E-state index contributed by atoms with van der Waals surface area (Å²) in [5, 5.41) is 11.9. The summed E-state index contributed by atoms with van der Waals surface area (Å²) in [7, 11) is 0. The highest BCUT2D eigenvalue weighted by Gasteiger charge is 2.13. The van der Waals surface area contributed by atoms with Gasteiger partial charge in [0, 0.05) is 5.39 Å². The molecule has 0 atom stereocenters. The van der Waals surface area contributed by atoms with Crippen molar-refractivity contribution < 1.29 is 5.11 Å². The Bertz CT molecular complexity index is 1210. The quantitative estimate of drug-likeness (QED) is 0.472. The Morgan fingerprint density at radius 1 is 0.792 bits per heavy atom. The summed E-state index contributed by atoms with van der Waals surface area (Å²) in [6.07, 6.45) is 0. The molecular formula is C21H14N2O. The Labute approximate surface area is 138 Å². The normalized spacial score (nSPS) is 11.5. The van der Waals surface area contributed by atoms with E-state index in [4.69, 9.17) is 4.98 Å². The molecule has 0 aliphatic rings. The average molecular weight is 310 g/mol. The van der Waals surface area contributed by atoms with Crippen LogP contribution in [0.4, 0.5) is 0 Å². The van der Waals surface area contributed by atoms with Crippen LogP contribution in [0, 0.1) is 0 Å². The van der Waals surface area contributed by atoms with Crippen LogP contribution in [-0.4, -0.2) is 14.5 Å². The molecule has 24 heavy (non-hydrogen) atoms. The molecule has 1 N–H and O–H groups in total. The Hall–Kier alpha value is -3.33. The van der Waals surface area contributed by atoms with Gasteiger partial charge in [-0.1, -0.05) is 48.5 Å². The number of imidazole rings is 1. The number of pyridine rings is 1. The Kier molecular flexibility index (Phi) is 2.65. The predicted octanol–water partition coefficient (Wildman–Crippen LogP) is 5.01. The Balaban J connectivity index is 2.05. The number of phenols is 1. The van der Waals surface area contributed by atoms with Gasteiger partial charge in [0.05, 0.1) is 16.7 Å². The van der Waals surface area contributed by atoms with E-state index >= 15 is 0 Å². The highest BCUT2D eigenvalue weighted by molar-refractivity contribution is 6.01. The maximum absolute atomic E-state index is 9.91. The van der Waals surface area contributed by atoms with Crippen LogP contribution in [0.25, 0.3) is 38.7 Å². The molecule has 0 saturated carbocycles. The zero-order chi connectivity index (χ0) is 16.1. The lowest BCUT2D eigenvalue weighted by atomic mass is 10.1. The molecule has 5 rings (SSSR count). The smallest absolute Gasteiger partial charge is 0.146 e. The number of hydrogen-bond donors (Lipinski definition) is 1. The second kappa shape index (κ2) is 4.83. The van der Waals surface area contributed by atoms with Crippen LogP contribution in [0.1, 0.15) is 0 Å². The van der Waals surface area contributed by atoms with Crippen LogP contribution in [0.3, 0.4) is 0 Å². The molecule has 0 bridgehead atoms. The summed E-state index contributed by atoms with van der Waals surface area (Å²) < 4.78 is 2.17. The number of aromatic nitrogens is 2. The van der Waals surface area contributed by atoms with Crippen LogP contribution in [-0.2, 0) is 0 Å². The molecule has 2 heterocycles. The van der Waals surface area contributed by atoms with E-state index in [1.165, 1.54) is 0 Å². The topological polar surface area (TPSA) is 37.5 Å². The van der Waals surface area contributed by atoms with E-state index in [0.29, 0.717) is 0 Å². The van der Waals surface area contributed by atoms with Crippen LogP contribution in [0.2, 0.25) is 0 Å². The number of aromatic hydroxyl groups is 1. The van der Waals surface area contributed by atoms with Crippen molar-refractivity contribution in [3.8, 4) is 17.0 Å². The molecule has 5 aromatic rings. The van der Waals surface area contributed by atoms with Crippen molar-refractivity contribution in [2.75, 3.05) is 0 Å². The van der Waals surface area contributed by atoms with Gasteiger partial charge in [0.1, 0.15) is 11.4 Å². The molecule has 0 saturated heterocycles. The third-order valence-electron chi connectivity index (χ3n) is 4.44. The van der Waals surface area contributed by atoms with Gasteiger partial charge in [0.25, 0.3) is 0 Å². The molecule has 0 spiro atoms. The Morgan fingerprint density at radius 2 is 1.58 bits per heavy atom. The van der Waals surface area contributed by atoms with Crippen LogP contribution >= 0.6 is 0 Å². The number of rotatable bonds is 1. The third-order valence-corrected chi connectivity index (χ3v) is 4.44. The zero-order valence-corrected chi connectivity index (χ0v) is 12.8. The molecule has 0 fully saturated rings. The minimum atomic E-state index is 0.254. The van der Waals surface area contributed by atoms with E-state index in [1.54, 1.807) is 12.1 Å². The van der Waals surface area contributed by atoms with Crippen molar-refractivity contribution in [1.82, 2.24) is 9.38 Å². The molecule has 0 amide bonds. The van der Waals surface area contributed by atoms with Crippen molar-refractivity contribution in [1.29, 1.82) is 0 Å².